The molecule has 0 spiro atoms. The topological polar surface area (TPSA) is 12.0 Å². The lowest BCUT2D eigenvalue weighted by Gasteiger charge is -2.49. The van der Waals surface area contributed by atoms with Gasteiger partial charge in [-0.2, -0.15) is 0 Å². The third-order valence-corrected chi connectivity index (χ3v) is 4.73. The van der Waals surface area contributed by atoms with Gasteiger partial charge in [0.05, 0.1) is 5.02 Å². The molecule has 1 fully saturated rings. The fourth-order valence-corrected chi connectivity index (χ4v) is 2.56. The van der Waals surface area contributed by atoms with Gasteiger partial charge in [0.25, 0.3) is 0 Å². The van der Waals surface area contributed by atoms with Gasteiger partial charge in [0.2, 0.25) is 0 Å². The molecular formula is C13H16Cl2FN. The molecule has 2 unspecified atom stereocenters. The molecule has 0 amide bonds. The lowest BCUT2D eigenvalue weighted by molar-refractivity contribution is 0.115. The third kappa shape index (κ3) is 2.59. The summed E-state index contributed by atoms with van der Waals surface area (Å²) >= 11 is 11.8. The fraction of sp³-hybridized carbons (Fsp3) is 0.538. The Balaban J connectivity index is 1.93. The van der Waals surface area contributed by atoms with Gasteiger partial charge in [0.1, 0.15) is 5.82 Å². The van der Waals surface area contributed by atoms with Crippen LogP contribution in [0.3, 0.4) is 0 Å². The SMILES string of the molecule is CC1(C)C(Cl)CC1NCc1ccc(Cl)c(F)c1. The monoisotopic (exact) mass is 275 g/mol. The second-order valence-corrected chi connectivity index (χ2v) is 6.14. The Kier molecular flexibility index (Phi) is 3.67. The lowest BCUT2D eigenvalue weighted by atomic mass is 9.67. The number of rotatable bonds is 3. The van der Waals surface area contributed by atoms with E-state index in [0.29, 0.717) is 12.6 Å². The van der Waals surface area contributed by atoms with E-state index in [1.807, 2.05) is 6.07 Å². The zero-order chi connectivity index (χ0) is 12.6. The molecular weight excluding hydrogens is 260 g/mol. The molecule has 1 saturated carbocycles. The Hall–Kier alpha value is -0.310. The first-order valence-corrected chi connectivity index (χ1v) is 6.54. The van der Waals surface area contributed by atoms with Crippen molar-refractivity contribution in [3.63, 3.8) is 0 Å². The molecule has 1 aliphatic rings. The first-order valence-electron chi connectivity index (χ1n) is 5.72. The van der Waals surface area contributed by atoms with E-state index in [9.17, 15) is 4.39 Å². The van der Waals surface area contributed by atoms with Crippen molar-refractivity contribution in [2.75, 3.05) is 0 Å². The normalized spacial score (nSPS) is 26.6. The van der Waals surface area contributed by atoms with Gasteiger partial charge in [0.15, 0.2) is 0 Å². The molecule has 1 aromatic rings. The molecule has 0 aromatic heterocycles. The van der Waals surface area contributed by atoms with Crippen molar-refractivity contribution in [3.8, 4) is 0 Å². The molecule has 0 aliphatic heterocycles. The van der Waals surface area contributed by atoms with Crippen LogP contribution in [0.15, 0.2) is 18.2 Å². The Morgan fingerprint density at radius 2 is 2.18 bits per heavy atom. The molecule has 1 N–H and O–H groups in total. The van der Waals surface area contributed by atoms with Crippen molar-refractivity contribution < 1.29 is 4.39 Å². The highest BCUT2D eigenvalue weighted by atomic mass is 35.5. The molecule has 17 heavy (non-hydrogen) atoms. The molecule has 0 bridgehead atoms. The summed E-state index contributed by atoms with van der Waals surface area (Å²) in [7, 11) is 0. The minimum absolute atomic E-state index is 0.104. The second kappa shape index (κ2) is 4.75. The van der Waals surface area contributed by atoms with Gasteiger partial charge >= 0.3 is 0 Å². The molecule has 2 atom stereocenters. The van der Waals surface area contributed by atoms with Crippen LogP contribution >= 0.6 is 23.2 Å². The van der Waals surface area contributed by atoms with Gasteiger partial charge in [-0.25, -0.2) is 4.39 Å². The van der Waals surface area contributed by atoms with Gasteiger partial charge in [-0.15, -0.1) is 11.6 Å². The molecule has 0 heterocycles. The predicted molar refractivity (Wildman–Crippen MR) is 70.1 cm³/mol. The van der Waals surface area contributed by atoms with Gasteiger partial charge < -0.3 is 5.32 Å². The summed E-state index contributed by atoms with van der Waals surface area (Å²) in [5.41, 5.74) is 1.01. The van der Waals surface area contributed by atoms with Gasteiger partial charge in [-0.1, -0.05) is 31.5 Å². The van der Waals surface area contributed by atoms with Crippen molar-refractivity contribution in [1.82, 2.24) is 5.32 Å². The van der Waals surface area contributed by atoms with E-state index in [0.717, 1.165) is 12.0 Å². The van der Waals surface area contributed by atoms with Crippen molar-refractivity contribution in [3.05, 3.63) is 34.6 Å². The van der Waals surface area contributed by atoms with E-state index in [2.05, 4.69) is 19.2 Å². The smallest absolute Gasteiger partial charge is 0.142 e. The second-order valence-electron chi connectivity index (χ2n) is 5.21. The van der Waals surface area contributed by atoms with Crippen molar-refractivity contribution in [1.29, 1.82) is 0 Å². The van der Waals surface area contributed by atoms with Crippen LogP contribution in [0.1, 0.15) is 25.8 Å². The summed E-state index contributed by atoms with van der Waals surface area (Å²) in [6.45, 7) is 4.94. The van der Waals surface area contributed by atoms with Gasteiger partial charge in [0, 0.05) is 18.0 Å². The quantitative estimate of drug-likeness (QED) is 0.823. The number of halogens is 3. The largest absolute Gasteiger partial charge is 0.309 e. The Labute approximate surface area is 111 Å². The summed E-state index contributed by atoms with van der Waals surface area (Å²) in [6, 6.07) is 5.29. The highest BCUT2D eigenvalue weighted by Gasteiger charge is 2.46. The fourth-order valence-electron chi connectivity index (χ4n) is 2.11. The zero-order valence-electron chi connectivity index (χ0n) is 9.93. The number of alkyl halides is 1. The van der Waals surface area contributed by atoms with Crippen LogP contribution in [0, 0.1) is 11.2 Å². The predicted octanol–water partition coefficient (Wildman–Crippen LogP) is 3.97. The maximum absolute atomic E-state index is 13.2. The minimum Gasteiger partial charge on any atom is -0.309 e. The summed E-state index contributed by atoms with van der Waals surface area (Å²) in [4.78, 5) is 0. The molecule has 1 nitrogen and oxygen atoms in total. The van der Waals surface area contributed by atoms with Crippen molar-refractivity contribution >= 4 is 23.2 Å². The molecule has 2 rings (SSSR count). The maximum Gasteiger partial charge on any atom is 0.142 e. The summed E-state index contributed by atoms with van der Waals surface area (Å²) in [5.74, 6) is -0.367. The van der Waals surface area contributed by atoms with Crippen LogP contribution in [0.4, 0.5) is 4.39 Å². The highest BCUT2D eigenvalue weighted by Crippen LogP contribution is 2.44. The average molecular weight is 276 g/mol. The van der Waals surface area contributed by atoms with Crippen LogP contribution in [-0.4, -0.2) is 11.4 Å². The number of hydrogen-bond acceptors (Lipinski definition) is 1. The Bertz CT molecular complexity index is 420. The van der Waals surface area contributed by atoms with E-state index in [-0.39, 0.29) is 21.6 Å². The van der Waals surface area contributed by atoms with E-state index in [1.165, 1.54) is 6.07 Å². The minimum atomic E-state index is -0.367. The van der Waals surface area contributed by atoms with Gasteiger partial charge in [-0.3, -0.25) is 0 Å². The Morgan fingerprint density at radius 1 is 1.47 bits per heavy atom. The molecule has 1 aromatic carbocycles. The standard InChI is InChI=1S/C13H16Cl2FN/c1-13(2)11(15)6-12(13)17-7-8-3-4-9(14)10(16)5-8/h3-5,11-12,17H,6-7H2,1-2H3. The molecule has 94 valence electrons. The van der Waals surface area contributed by atoms with Crippen LogP contribution in [0.2, 0.25) is 5.02 Å². The van der Waals surface area contributed by atoms with E-state index < -0.39 is 0 Å². The lowest BCUT2D eigenvalue weighted by Crippen LogP contribution is -2.57. The number of nitrogens with one attached hydrogen (secondary N) is 1. The summed E-state index contributed by atoms with van der Waals surface area (Å²) in [6.07, 6.45) is 0.963. The van der Waals surface area contributed by atoms with Crippen LogP contribution in [-0.2, 0) is 6.54 Å². The molecule has 4 heteroatoms. The molecule has 0 radical (unpaired) electrons. The summed E-state index contributed by atoms with van der Waals surface area (Å²) < 4.78 is 13.2. The van der Waals surface area contributed by atoms with Crippen LogP contribution in [0.5, 0.6) is 0 Å². The van der Waals surface area contributed by atoms with Crippen molar-refractivity contribution in [2.24, 2.45) is 5.41 Å². The van der Waals surface area contributed by atoms with Crippen LogP contribution in [0.25, 0.3) is 0 Å². The number of benzene rings is 1. The molecule has 0 saturated heterocycles. The number of hydrogen-bond donors (Lipinski definition) is 1. The molecule has 1 aliphatic carbocycles. The summed E-state index contributed by atoms with van der Waals surface area (Å²) in [5, 5.41) is 3.80. The zero-order valence-corrected chi connectivity index (χ0v) is 11.4. The van der Waals surface area contributed by atoms with Gasteiger partial charge in [-0.05, 0) is 29.5 Å². The van der Waals surface area contributed by atoms with Crippen molar-refractivity contribution in [2.45, 2.75) is 38.2 Å². The highest BCUT2D eigenvalue weighted by molar-refractivity contribution is 6.30. The first kappa shape index (κ1) is 13.1. The van der Waals surface area contributed by atoms with Crippen LogP contribution < -0.4 is 5.32 Å². The Morgan fingerprint density at radius 3 is 2.71 bits per heavy atom. The third-order valence-electron chi connectivity index (χ3n) is 3.68. The van der Waals surface area contributed by atoms with E-state index >= 15 is 0 Å². The van der Waals surface area contributed by atoms with E-state index in [1.54, 1.807) is 6.07 Å². The average Bonchev–Trinajstić information content (AvgIpc) is 2.28. The first-order chi connectivity index (χ1) is 7.91. The van der Waals surface area contributed by atoms with E-state index in [4.69, 9.17) is 23.2 Å². The maximum atomic E-state index is 13.2.